The highest BCUT2D eigenvalue weighted by molar-refractivity contribution is 5.24. The summed E-state index contributed by atoms with van der Waals surface area (Å²) < 4.78 is 137. The number of nitrogens with zero attached hydrogens (tertiary/aromatic N) is 2. The maximum absolute atomic E-state index is 14.1. The Labute approximate surface area is 175 Å². The summed E-state index contributed by atoms with van der Waals surface area (Å²) >= 11 is 0. The van der Waals surface area contributed by atoms with Gasteiger partial charge >= 0.3 is 0 Å². The Morgan fingerprint density at radius 3 is 0.750 bits per heavy atom. The topological polar surface area (TPSA) is 0 Å². The average molecular weight is 474 g/mol. The third-order valence-electron chi connectivity index (χ3n) is 6.73. The molecule has 0 aromatic heterocycles. The third-order valence-corrected chi connectivity index (χ3v) is 6.73. The lowest BCUT2D eigenvalue weighted by atomic mass is 10.0. The summed E-state index contributed by atoms with van der Waals surface area (Å²) in [7, 11) is 0. The van der Waals surface area contributed by atoms with Crippen LogP contribution in [0.25, 0.3) is 0 Å². The van der Waals surface area contributed by atoms with E-state index in [4.69, 9.17) is 0 Å². The molecule has 2 nitrogen and oxygen atoms in total. The molecule has 32 heavy (non-hydrogen) atoms. The molecule has 3 aliphatic heterocycles. The summed E-state index contributed by atoms with van der Waals surface area (Å²) in [6, 6.07) is 0. The van der Waals surface area contributed by atoms with Gasteiger partial charge in [0.1, 0.15) is 52.4 Å². The Morgan fingerprint density at radius 1 is 0.344 bits per heavy atom. The first-order valence-corrected chi connectivity index (χ1v) is 9.63. The van der Waals surface area contributed by atoms with Crippen molar-refractivity contribution in [3.8, 4) is 0 Å². The molecule has 0 saturated carbocycles. The summed E-state index contributed by atoms with van der Waals surface area (Å²) in [5, 5.41) is 0. The molecule has 0 spiro atoms. The summed E-state index contributed by atoms with van der Waals surface area (Å²) in [4.78, 5) is 0. The monoisotopic (exact) mass is 474 g/mol. The maximum Gasteiger partial charge on any atom is 0.200 e. The summed E-state index contributed by atoms with van der Waals surface area (Å²) in [6.07, 6.45) is 0. The molecule has 3 aliphatic rings. The largest absolute Gasteiger partial charge is 0.306 e. The van der Waals surface area contributed by atoms with Crippen molar-refractivity contribution < 1.29 is 52.9 Å². The van der Waals surface area contributed by atoms with Crippen molar-refractivity contribution in [2.75, 3.05) is 39.3 Å². The van der Waals surface area contributed by atoms with Crippen molar-refractivity contribution in [3.05, 3.63) is 69.3 Å². The Bertz CT molecular complexity index is 946. The van der Waals surface area contributed by atoms with Crippen molar-refractivity contribution in [1.82, 2.24) is 0 Å². The molecular weight excluding hydrogens is 458 g/mol. The number of quaternary nitrogens is 2. The fourth-order valence-corrected chi connectivity index (χ4v) is 4.67. The number of hydrogen-bond donors (Lipinski definition) is 0. The smallest absolute Gasteiger partial charge is 0.200 e. The molecule has 2 bridgehead atoms. The van der Waals surface area contributed by atoms with Gasteiger partial charge in [0.15, 0.2) is 46.5 Å². The van der Waals surface area contributed by atoms with Gasteiger partial charge in [-0.05, 0) is 0 Å². The summed E-state index contributed by atoms with van der Waals surface area (Å²) in [6.45, 7) is 0.0139. The zero-order valence-corrected chi connectivity index (χ0v) is 16.3. The number of rotatable bonds is 4. The van der Waals surface area contributed by atoms with E-state index in [0.29, 0.717) is 0 Å². The number of benzene rings is 2. The van der Waals surface area contributed by atoms with E-state index in [-0.39, 0.29) is 48.2 Å². The van der Waals surface area contributed by atoms with E-state index >= 15 is 0 Å². The molecule has 3 heterocycles. The first kappa shape index (κ1) is 22.8. The molecule has 0 atom stereocenters. The highest BCUT2D eigenvalue weighted by Gasteiger charge is 2.50. The minimum absolute atomic E-state index is 0.0184. The predicted molar refractivity (Wildman–Crippen MR) is 89.6 cm³/mol. The molecule has 0 radical (unpaired) electrons. The van der Waals surface area contributed by atoms with Gasteiger partial charge in [-0.3, -0.25) is 0 Å². The van der Waals surface area contributed by atoms with Crippen molar-refractivity contribution in [2.24, 2.45) is 0 Å². The van der Waals surface area contributed by atoms with Crippen molar-refractivity contribution in [1.29, 1.82) is 0 Å². The van der Waals surface area contributed by atoms with Gasteiger partial charge in [0, 0.05) is 0 Å². The number of halogens is 10. The van der Waals surface area contributed by atoms with Crippen LogP contribution in [0.5, 0.6) is 0 Å². The number of hydrogen-bond acceptors (Lipinski definition) is 0. The highest BCUT2D eigenvalue weighted by Crippen LogP contribution is 2.35. The van der Waals surface area contributed by atoms with Crippen LogP contribution in [-0.2, 0) is 13.1 Å². The van der Waals surface area contributed by atoms with Gasteiger partial charge in [-0.2, -0.15) is 0 Å². The van der Waals surface area contributed by atoms with Gasteiger partial charge in [-0.15, -0.1) is 0 Å². The second kappa shape index (κ2) is 7.62. The van der Waals surface area contributed by atoms with Crippen LogP contribution in [0.1, 0.15) is 11.1 Å². The molecule has 3 fully saturated rings. The standard InChI is InChI=1S/C20H16F10N2/c21-11-9(12(22)16(26)19(29)15(11)25)7-31-1-2-32(5-3-31,6-4-31)8-10-13(23)17(27)20(30)18(28)14(10)24/h1-8H2/q+2. The van der Waals surface area contributed by atoms with E-state index in [0.717, 1.165) is 0 Å². The lowest BCUT2D eigenvalue weighted by Crippen LogP contribution is -2.74. The minimum Gasteiger partial charge on any atom is -0.306 e. The predicted octanol–water partition coefficient (Wildman–Crippen LogP) is 4.44. The Morgan fingerprint density at radius 2 is 0.531 bits per heavy atom. The van der Waals surface area contributed by atoms with E-state index in [1.807, 2.05) is 0 Å². The first-order valence-electron chi connectivity index (χ1n) is 9.63. The number of fused-ring (bicyclic) bond motifs is 3. The van der Waals surface area contributed by atoms with Gasteiger partial charge in [-0.1, -0.05) is 0 Å². The Kier molecular flexibility index (Phi) is 5.44. The lowest BCUT2D eigenvalue weighted by Gasteiger charge is -2.55. The van der Waals surface area contributed by atoms with Gasteiger partial charge in [0.25, 0.3) is 0 Å². The normalized spacial score (nSPS) is 24.9. The molecule has 2 aromatic rings. The molecule has 2 aromatic carbocycles. The maximum atomic E-state index is 14.1. The lowest BCUT2D eigenvalue weighted by molar-refractivity contribution is -1.09. The molecule has 0 aliphatic carbocycles. The molecule has 3 saturated heterocycles. The highest BCUT2D eigenvalue weighted by atomic mass is 19.2. The number of piperazine rings is 3. The molecule has 174 valence electrons. The van der Waals surface area contributed by atoms with Crippen molar-refractivity contribution in [2.45, 2.75) is 13.1 Å². The van der Waals surface area contributed by atoms with E-state index in [2.05, 4.69) is 0 Å². The third kappa shape index (κ3) is 3.35. The van der Waals surface area contributed by atoms with Crippen molar-refractivity contribution in [3.63, 3.8) is 0 Å². The molecular formula is C20H16F10N2+2. The van der Waals surface area contributed by atoms with E-state index in [1.54, 1.807) is 0 Å². The Hall–Kier alpha value is -2.34. The second-order valence-corrected chi connectivity index (χ2v) is 8.44. The van der Waals surface area contributed by atoms with Crippen LogP contribution in [-0.4, -0.2) is 48.2 Å². The summed E-state index contributed by atoms with van der Waals surface area (Å²) in [5.41, 5.74) is -1.88. The van der Waals surface area contributed by atoms with E-state index < -0.39 is 82.4 Å². The second-order valence-electron chi connectivity index (χ2n) is 8.44. The van der Waals surface area contributed by atoms with E-state index in [9.17, 15) is 43.9 Å². The van der Waals surface area contributed by atoms with Crippen LogP contribution in [0.15, 0.2) is 0 Å². The fourth-order valence-electron chi connectivity index (χ4n) is 4.67. The zero-order valence-electron chi connectivity index (χ0n) is 16.3. The van der Waals surface area contributed by atoms with Crippen LogP contribution < -0.4 is 0 Å². The Balaban J connectivity index is 1.58. The average Bonchev–Trinajstić information content (AvgIpc) is 2.81. The van der Waals surface area contributed by atoms with Crippen LogP contribution in [0.3, 0.4) is 0 Å². The van der Waals surface area contributed by atoms with Crippen LogP contribution in [0, 0.1) is 58.2 Å². The van der Waals surface area contributed by atoms with Crippen LogP contribution in [0.2, 0.25) is 0 Å². The molecule has 0 amide bonds. The van der Waals surface area contributed by atoms with Crippen molar-refractivity contribution >= 4 is 0 Å². The first-order chi connectivity index (χ1) is 14.9. The van der Waals surface area contributed by atoms with Gasteiger partial charge in [-0.25, -0.2) is 43.9 Å². The zero-order chi connectivity index (χ0) is 23.6. The molecule has 0 N–H and O–H groups in total. The van der Waals surface area contributed by atoms with Gasteiger partial charge in [0.2, 0.25) is 11.6 Å². The molecule has 0 unspecified atom stereocenters. The SMILES string of the molecule is Fc1c(F)c(F)c(C[N+]23CC[N+](Cc4c(F)c(F)c(F)c(F)c4F)(CC2)CC3)c(F)c1F. The quantitative estimate of drug-likeness (QED) is 0.266. The molecule has 12 heteroatoms. The van der Waals surface area contributed by atoms with Crippen LogP contribution >= 0.6 is 0 Å². The minimum atomic E-state index is -2.25. The summed E-state index contributed by atoms with van der Waals surface area (Å²) in [5.74, 6) is -20.3. The van der Waals surface area contributed by atoms with Gasteiger partial charge in [0.05, 0.1) is 11.1 Å². The van der Waals surface area contributed by atoms with Crippen LogP contribution in [0.4, 0.5) is 43.9 Å². The van der Waals surface area contributed by atoms with E-state index in [1.165, 1.54) is 0 Å². The fraction of sp³-hybridized carbons (Fsp3) is 0.400. The van der Waals surface area contributed by atoms with Gasteiger partial charge < -0.3 is 8.97 Å². The molecule has 5 rings (SSSR count).